The van der Waals surface area contributed by atoms with Crippen molar-refractivity contribution in [3.8, 4) is 5.75 Å². The Kier molecular flexibility index (Phi) is 1.76. The highest BCUT2D eigenvalue weighted by atomic mass is 16.3. The maximum atomic E-state index is 9.46. The normalized spacial score (nSPS) is 19.7. The molecule has 0 fully saturated rings. The Balaban J connectivity index is 2.26. The summed E-state index contributed by atoms with van der Waals surface area (Å²) in [6.45, 7) is 1.73. The SMILES string of the molecule is NCC1CCn2c1cc1ccc(O)cc12. The van der Waals surface area contributed by atoms with Crippen LogP contribution < -0.4 is 5.73 Å². The first-order valence-electron chi connectivity index (χ1n) is 5.32. The van der Waals surface area contributed by atoms with Crippen LogP contribution in [0.2, 0.25) is 0 Å². The molecule has 3 heteroatoms. The van der Waals surface area contributed by atoms with E-state index in [9.17, 15) is 5.11 Å². The van der Waals surface area contributed by atoms with Gasteiger partial charge in [-0.2, -0.15) is 0 Å². The lowest BCUT2D eigenvalue weighted by molar-refractivity contribution is 0.476. The van der Waals surface area contributed by atoms with Crippen molar-refractivity contribution in [1.82, 2.24) is 4.57 Å². The molecular formula is C12H14N2O. The van der Waals surface area contributed by atoms with E-state index in [2.05, 4.69) is 10.6 Å². The zero-order valence-electron chi connectivity index (χ0n) is 8.48. The van der Waals surface area contributed by atoms with Crippen molar-refractivity contribution >= 4 is 10.9 Å². The molecule has 0 radical (unpaired) electrons. The average Bonchev–Trinajstić information content (AvgIpc) is 2.76. The minimum absolute atomic E-state index is 0.333. The number of rotatable bonds is 1. The van der Waals surface area contributed by atoms with E-state index in [0.717, 1.165) is 18.5 Å². The number of nitrogens with zero attached hydrogens (tertiary/aromatic N) is 1. The summed E-state index contributed by atoms with van der Waals surface area (Å²) in [6.07, 6.45) is 1.12. The van der Waals surface area contributed by atoms with Gasteiger partial charge in [0.15, 0.2) is 0 Å². The Bertz CT molecular complexity index is 516. The van der Waals surface area contributed by atoms with E-state index in [1.54, 1.807) is 6.07 Å². The number of hydrogen-bond donors (Lipinski definition) is 2. The van der Waals surface area contributed by atoms with Crippen molar-refractivity contribution in [3.63, 3.8) is 0 Å². The number of aryl methyl sites for hydroxylation is 1. The number of benzene rings is 1. The Morgan fingerprint density at radius 1 is 1.40 bits per heavy atom. The van der Waals surface area contributed by atoms with Crippen LogP contribution in [0, 0.1) is 0 Å². The van der Waals surface area contributed by atoms with Crippen LogP contribution >= 0.6 is 0 Å². The third-order valence-corrected chi connectivity index (χ3v) is 3.32. The van der Waals surface area contributed by atoms with Crippen LogP contribution in [0.5, 0.6) is 5.75 Å². The highest BCUT2D eigenvalue weighted by Crippen LogP contribution is 2.34. The van der Waals surface area contributed by atoms with Crippen molar-refractivity contribution in [2.24, 2.45) is 5.73 Å². The minimum Gasteiger partial charge on any atom is -0.508 e. The van der Waals surface area contributed by atoms with Gasteiger partial charge in [-0.05, 0) is 24.6 Å². The smallest absolute Gasteiger partial charge is 0.117 e. The first-order valence-corrected chi connectivity index (χ1v) is 5.32. The summed E-state index contributed by atoms with van der Waals surface area (Å²) in [5.74, 6) is 0.819. The Hall–Kier alpha value is -1.48. The van der Waals surface area contributed by atoms with Crippen LogP contribution in [0.15, 0.2) is 24.3 Å². The lowest BCUT2D eigenvalue weighted by atomic mass is 10.0. The monoisotopic (exact) mass is 202 g/mol. The first-order chi connectivity index (χ1) is 7.29. The summed E-state index contributed by atoms with van der Waals surface area (Å²) in [5.41, 5.74) is 8.18. The quantitative estimate of drug-likeness (QED) is 0.740. The van der Waals surface area contributed by atoms with Crippen LogP contribution in [-0.4, -0.2) is 16.2 Å². The van der Waals surface area contributed by atoms with Gasteiger partial charge in [0.25, 0.3) is 0 Å². The first kappa shape index (κ1) is 8.80. The fraction of sp³-hybridized carbons (Fsp3) is 0.333. The number of aromatic nitrogens is 1. The van der Waals surface area contributed by atoms with Crippen molar-refractivity contribution in [3.05, 3.63) is 30.0 Å². The zero-order valence-corrected chi connectivity index (χ0v) is 8.48. The van der Waals surface area contributed by atoms with Gasteiger partial charge in [-0.1, -0.05) is 0 Å². The van der Waals surface area contributed by atoms with Crippen molar-refractivity contribution < 1.29 is 5.11 Å². The summed E-state index contributed by atoms with van der Waals surface area (Å²) < 4.78 is 2.27. The predicted molar refractivity (Wildman–Crippen MR) is 60.0 cm³/mol. The number of hydrogen-bond acceptors (Lipinski definition) is 2. The number of fused-ring (bicyclic) bond motifs is 3. The summed E-state index contributed by atoms with van der Waals surface area (Å²) in [7, 11) is 0. The second-order valence-electron chi connectivity index (χ2n) is 4.19. The molecule has 0 aliphatic carbocycles. The number of nitrogens with two attached hydrogens (primary N) is 1. The van der Waals surface area contributed by atoms with Crippen LogP contribution in [-0.2, 0) is 6.54 Å². The zero-order chi connectivity index (χ0) is 10.4. The second-order valence-corrected chi connectivity index (χ2v) is 4.19. The van der Waals surface area contributed by atoms with Gasteiger partial charge in [-0.15, -0.1) is 0 Å². The summed E-state index contributed by atoms with van der Waals surface area (Å²) in [4.78, 5) is 0. The third kappa shape index (κ3) is 1.16. The molecular weight excluding hydrogens is 188 g/mol. The molecule has 1 unspecified atom stereocenters. The molecule has 3 rings (SSSR count). The molecule has 1 atom stereocenters. The van der Waals surface area contributed by atoms with E-state index in [4.69, 9.17) is 5.73 Å². The molecule has 15 heavy (non-hydrogen) atoms. The fourth-order valence-corrected chi connectivity index (χ4v) is 2.52. The standard InChI is InChI=1S/C12H14N2O/c13-7-9-3-4-14-11(9)5-8-1-2-10(15)6-12(8)14/h1-2,5-6,9,15H,3-4,7,13H2. The number of phenols is 1. The molecule has 3 N–H and O–H groups in total. The molecule has 78 valence electrons. The third-order valence-electron chi connectivity index (χ3n) is 3.32. The summed E-state index contributed by atoms with van der Waals surface area (Å²) >= 11 is 0. The second kappa shape index (κ2) is 3.00. The molecule has 0 saturated heterocycles. The molecule has 0 saturated carbocycles. The highest BCUT2D eigenvalue weighted by molar-refractivity contribution is 5.83. The molecule has 1 aliphatic heterocycles. The van der Waals surface area contributed by atoms with Gasteiger partial charge >= 0.3 is 0 Å². The van der Waals surface area contributed by atoms with Gasteiger partial charge < -0.3 is 15.4 Å². The molecule has 1 aliphatic rings. The van der Waals surface area contributed by atoms with Gasteiger partial charge in [0.1, 0.15) is 5.75 Å². The Morgan fingerprint density at radius 3 is 3.07 bits per heavy atom. The molecule has 3 nitrogen and oxygen atoms in total. The maximum absolute atomic E-state index is 9.46. The van der Waals surface area contributed by atoms with E-state index >= 15 is 0 Å². The van der Waals surface area contributed by atoms with Crippen LogP contribution in [0.1, 0.15) is 18.0 Å². The minimum atomic E-state index is 0.333. The number of aromatic hydroxyl groups is 1. The van der Waals surface area contributed by atoms with Crippen molar-refractivity contribution in [2.75, 3.05) is 6.54 Å². The average molecular weight is 202 g/mol. The highest BCUT2D eigenvalue weighted by Gasteiger charge is 2.23. The van der Waals surface area contributed by atoms with Crippen molar-refractivity contribution in [2.45, 2.75) is 18.9 Å². The van der Waals surface area contributed by atoms with E-state index < -0.39 is 0 Å². The molecule has 2 heterocycles. The summed E-state index contributed by atoms with van der Waals surface area (Å²) in [6, 6.07) is 7.72. The summed E-state index contributed by atoms with van der Waals surface area (Å²) in [5, 5.41) is 10.7. The van der Waals surface area contributed by atoms with E-state index in [0.29, 0.717) is 18.2 Å². The lowest BCUT2D eigenvalue weighted by Crippen LogP contribution is -2.08. The largest absolute Gasteiger partial charge is 0.508 e. The maximum Gasteiger partial charge on any atom is 0.117 e. The van der Waals surface area contributed by atoms with Gasteiger partial charge in [0.2, 0.25) is 0 Å². The molecule has 2 aromatic rings. The topological polar surface area (TPSA) is 51.2 Å². The Labute approximate surface area is 88.1 Å². The van der Waals surface area contributed by atoms with Gasteiger partial charge in [-0.3, -0.25) is 0 Å². The number of phenolic OH excluding ortho intramolecular Hbond substituents is 1. The molecule has 0 bridgehead atoms. The van der Waals surface area contributed by atoms with Crippen LogP contribution in [0.25, 0.3) is 10.9 Å². The molecule has 0 amide bonds. The van der Waals surface area contributed by atoms with Gasteiger partial charge in [-0.25, -0.2) is 0 Å². The lowest BCUT2D eigenvalue weighted by Gasteiger charge is -2.03. The molecule has 1 aromatic carbocycles. The van der Waals surface area contributed by atoms with E-state index in [1.165, 1.54) is 11.1 Å². The van der Waals surface area contributed by atoms with Crippen molar-refractivity contribution in [1.29, 1.82) is 0 Å². The molecule has 1 aromatic heterocycles. The van der Waals surface area contributed by atoms with Gasteiger partial charge in [0, 0.05) is 36.2 Å². The fourth-order valence-electron chi connectivity index (χ4n) is 2.52. The Morgan fingerprint density at radius 2 is 2.27 bits per heavy atom. The van der Waals surface area contributed by atoms with E-state index in [1.807, 2.05) is 12.1 Å². The predicted octanol–water partition coefficient (Wildman–Crippen LogP) is 1.79. The van der Waals surface area contributed by atoms with E-state index in [-0.39, 0.29) is 0 Å². The van der Waals surface area contributed by atoms with Gasteiger partial charge in [0.05, 0.1) is 5.52 Å². The van der Waals surface area contributed by atoms with Crippen LogP contribution in [0.4, 0.5) is 0 Å². The van der Waals surface area contributed by atoms with Crippen LogP contribution in [0.3, 0.4) is 0 Å². The molecule has 0 spiro atoms.